The van der Waals surface area contributed by atoms with Gasteiger partial charge >= 0.3 is 0 Å². The molecule has 88 valence electrons. The Hall–Kier alpha value is -1.42. The van der Waals surface area contributed by atoms with E-state index in [9.17, 15) is 0 Å². The molecule has 1 heterocycles. The van der Waals surface area contributed by atoms with Gasteiger partial charge < -0.3 is 20.1 Å². The van der Waals surface area contributed by atoms with Crippen molar-refractivity contribution in [3.05, 3.63) is 18.2 Å². The van der Waals surface area contributed by atoms with Gasteiger partial charge in [-0.2, -0.15) is 0 Å². The molecule has 2 rings (SSSR count). The molecule has 16 heavy (non-hydrogen) atoms. The maximum atomic E-state index is 5.98. The third-order valence-corrected chi connectivity index (χ3v) is 2.82. The van der Waals surface area contributed by atoms with E-state index >= 15 is 0 Å². The molecule has 0 bridgehead atoms. The van der Waals surface area contributed by atoms with Crippen LogP contribution in [0.1, 0.15) is 6.92 Å². The summed E-state index contributed by atoms with van der Waals surface area (Å²) in [5, 5.41) is 0. The Morgan fingerprint density at radius 3 is 3.00 bits per heavy atom. The summed E-state index contributed by atoms with van der Waals surface area (Å²) in [6.07, 6.45) is 0.249. The first-order chi connectivity index (χ1) is 7.70. The number of ether oxygens (including phenoxy) is 2. The van der Waals surface area contributed by atoms with Crippen molar-refractivity contribution >= 4 is 11.4 Å². The minimum Gasteiger partial charge on any atom is -0.497 e. The molecular formula is C12H18N2O2. The van der Waals surface area contributed by atoms with Gasteiger partial charge in [0.15, 0.2) is 0 Å². The number of anilines is 2. The minimum absolute atomic E-state index is 0.249. The van der Waals surface area contributed by atoms with Crippen molar-refractivity contribution in [2.45, 2.75) is 13.0 Å². The van der Waals surface area contributed by atoms with Gasteiger partial charge in [-0.15, -0.1) is 0 Å². The summed E-state index contributed by atoms with van der Waals surface area (Å²) in [6, 6.07) is 5.74. The Morgan fingerprint density at radius 2 is 2.31 bits per heavy atom. The molecule has 1 unspecified atom stereocenters. The second kappa shape index (κ2) is 4.61. The molecular weight excluding hydrogens is 204 g/mol. The highest BCUT2D eigenvalue weighted by Gasteiger charge is 2.18. The van der Waals surface area contributed by atoms with E-state index in [1.807, 2.05) is 18.2 Å². The first kappa shape index (κ1) is 11.1. The zero-order valence-electron chi connectivity index (χ0n) is 9.77. The smallest absolute Gasteiger partial charge is 0.121 e. The van der Waals surface area contributed by atoms with Crippen molar-refractivity contribution in [1.29, 1.82) is 0 Å². The molecule has 0 radical (unpaired) electrons. The monoisotopic (exact) mass is 222 g/mol. The van der Waals surface area contributed by atoms with Crippen LogP contribution in [0, 0.1) is 0 Å². The lowest BCUT2D eigenvalue weighted by molar-refractivity contribution is 0.0532. The number of methoxy groups -OCH3 is 1. The predicted octanol–water partition coefficient (Wildman–Crippen LogP) is 1.50. The number of hydrogen-bond acceptors (Lipinski definition) is 4. The zero-order valence-corrected chi connectivity index (χ0v) is 9.77. The number of nitrogen functional groups attached to an aromatic ring is 1. The Labute approximate surface area is 95.9 Å². The van der Waals surface area contributed by atoms with Crippen molar-refractivity contribution in [2.24, 2.45) is 0 Å². The van der Waals surface area contributed by atoms with Crippen LogP contribution in [0.3, 0.4) is 0 Å². The zero-order chi connectivity index (χ0) is 11.5. The highest BCUT2D eigenvalue weighted by Crippen LogP contribution is 2.29. The molecule has 1 aliphatic heterocycles. The van der Waals surface area contributed by atoms with E-state index < -0.39 is 0 Å². The standard InChI is InChI=1S/C12H18N2O2/c1-9-8-14(5-6-16-9)12-7-10(15-2)3-4-11(12)13/h3-4,7,9H,5-6,8,13H2,1-2H3. The van der Waals surface area contributed by atoms with E-state index in [0.717, 1.165) is 36.8 Å². The van der Waals surface area contributed by atoms with E-state index in [4.69, 9.17) is 15.2 Å². The quantitative estimate of drug-likeness (QED) is 0.770. The fourth-order valence-corrected chi connectivity index (χ4v) is 1.96. The van der Waals surface area contributed by atoms with E-state index in [2.05, 4.69) is 11.8 Å². The van der Waals surface area contributed by atoms with Crippen LogP contribution in [0.25, 0.3) is 0 Å². The molecule has 0 spiro atoms. The third-order valence-electron chi connectivity index (χ3n) is 2.82. The van der Waals surface area contributed by atoms with Gasteiger partial charge in [0.05, 0.1) is 31.2 Å². The lowest BCUT2D eigenvalue weighted by Crippen LogP contribution is -2.41. The highest BCUT2D eigenvalue weighted by atomic mass is 16.5. The minimum atomic E-state index is 0.249. The number of rotatable bonds is 2. The Kier molecular flexibility index (Phi) is 3.19. The SMILES string of the molecule is COc1ccc(N)c(N2CCOC(C)C2)c1. The van der Waals surface area contributed by atoms with Crippen LogP contribution in [0.2, 0.25) is 0 Å². The molecule has 4 nitrogen and oxygen atoms in total. The highest BCUT2D eigenvalue weighted by molar-refractivity contribution is 5.69. The summed E-state index contributed by atoms with van der Waals surface area (Å²) < 4.78 is 10.7. The number of hydrogen-bond donors (Lipinski definition) is 1. The summed E-state index contributed by atoms with van der Waals surface area (Å²) in [7, 11) is 1.66. The first-order valence-electron chi connectivity index (χ1n) is 5.51. The van der Waals surface area contributed by atoms with Crippen molar-refractivity contribution in [3.8, 4) is 5.75 Å². The molecule has 1 atom stereocenters. The fraction of sp³-hybridized carbons (Fsp3) is 0.500. The van der Waals surface area contributed by atoms with Gasteiger partial charge in [0.25, 0.3) is 0 Å². The summed E-state index contributed by atoms with van der Waals surface area (Å²) in [5.74, 6) is 0.836. The second-order valence-electron chi connectivity index (χ2n) is 4.05. The predicted molar refractivity (Wildman–Crippen MR) is 65.0 cm³/mol. The molecule has 0 aromatic heterocycles. The number of morpholine rings is 1. The molecule has 0 amide bonds. The topological polar surface area (TPSA) is 47.7 Å². The molecule has 4 heteroatoms. The molecule has 0 saturated carbocycles. The van der Waals surface area contributed by atoms with Crippen molar-refractivity contribution < 1.29 is 9.47 Å². The van der Waals surface area contributed by atoms with Gasteiger partial charge in [0.2, 0.25) is 0 Å². The van der Waals surface area contributed by atoms with Crippen LogP contribution < -0.4 is 15.4 Å². The molecule has 1 aromatic rings. The Bertz CT molecular complexity index is 368. The number of nitrogens with two attached hydrogens (primary N) is 1. The van der Waals surface area contributed by atoms with Gasteiger partial charge in [-0.25, -0.2) is 0 Å². The van der Waals surface area contributed by atoms with Crippen LogP contribution in [0.5, 0.6) is 5.75 Å². The summed E-state index contributed by atoms with van der Waals surface area (Å²) in [5.41, 5.74) is 7.81. The molecule has 0 aliphatic carbocycles. The van der Waals surface area contributed by atoms with Gasteiger partial charge in [-0.05, 0) is 19.1 Å². The van der Waals surface area contributed by atoms with Crippen molar-refractivity contribution in [2.75, 3.05) is 37.4 Å². The maximum Gasteiger partial charge on any atom is 0.121 e. The van der Waals surface area contributed by atoms with Gasteiger partial charge in [0.1, 0.15) is 5.75 Å². The van der Waals surface area contributed by atoms with Crippen molar-refractivity contribution in [3.63, 3.8) is 0 Å². The van der Waals surface area contributed by atoms with Crippen molar-refractivity contribution in [1.82, 2.24) is 0 Å². The lowest BCUT2D eigenvalue weighted by Gasteiger charge is -2.33. The van der Waals surface area contributed by atoms with E-state index in [0.29, 0.717) is 0 Å². The van der Waals surface area contributed by atoms with Crippen LogP contribution in [-0.2, 0) is 4.74 Å². The normalized spacial score (nSPS) is 20.9. The summed E-state index contributed by atoms with van der Waals surface area (Å²) >= 11 is 0. The summed E-state index contributed by atoms with van der Waals surface area (Å²) in [4.78, 5) is 2.24. The maximum absolute atomic E-state index is 5.98. The molecule has 1 aromatic carbocycles. The van der Waals surface area contributed by atoms with E-state index in [1.54, 1.807) is 7.11 Å². The average molecular weight is 222 g/mol. The Balaban J connectivity index is 2.24. The van der Waals surface area contributed by atoms with Crippen LogP contribution in [-0.4, -0.2) is 32.9 Å². The molecule has 1 fully saturated rings. The second-order valence-corrected chi connectivity index (χ2v) is 4.05. The molecule has 1 saturated heterocycles. The van der Waals surface area contributed by atoms with Crippen LogP contribution >= 0.6 is 0 Å². The van der Waals surface area contributed by atoms with Gasteiger partial charge in [0, 0.05) is 19.2 Å². The lowest BCUT2D eigenvalue weighted by atomic mass is 10.2. The van der Waals surface area contributed by atoms with Gasteiger partial charge in [-0.1, -0.05) is 0 Å². The average Bonchev–Trinajstić information content (AvgIpc) is 2.30. The fourth-order valence-electron chi connectivity index (χ4n) is 1.96. The number of nitrogens with zero attached hydrogens (tertiary/aromatic N) is 1. The van der Waals surface area contributed by atoms with E-state index in [-0.39, 0.29) is 6.10 Å². The van der Waals surface area contributed by atoms with E-state index in [1.165, 1.54) is 0 Å². The Morgan fingerprint density at radius 1 is 1.50 bits per heavy atom. The largest absolute Gasteiger partial charge is 0.497 e. The van der Waals surface area contributed by atoms with Crippen LogP contribution in [0.15, 0.2) is 18.2 Å². The first-order valence-corrected chi connectivity index (χ1v) is 5.51. The molecule has 1 aliphatic rings. The molecule has 2 N–H and O–H groups in total. The van der Waals surface area contributed by atoms with Crippen LogP contribution in [0.4, 0.5) is 11.4 Å². The van der Waals surface area contributed by atoms with Gasteiger partial charge in [-0.3, -0.25) is 0 Å². The summed E-state index contributed by atoms with van der Waals surface area (Å²) in [6.45, 7) is 4.57. The number of benzene rings is 1. The third kappa shape index (κ3) is 2.22.